The summed E-state index contributed by atoms with van der Waals surface area (Å²) in [6, 6.07) is 18.6. The molecule has 0 spiro atoms. The minimum absolute atomic E-state index is 0.0635. The van der Waals surface area contributed by atoms with E-state index >= 15 is 0 Å². The number of nitriles is 1. The summed E-state index contributed by atoms with van der Waals surface area (Å²) in [6.45, 7) is 0.760. The Morgan fingerprint density at radius 1 is 1.17 bits per heavy atom. The Hall–Kier alpha value is -3.56. The van der Waals surface area contributed by atoms with Crippen molar-refractivity contribution >= 4 is 28.4 Å². The van der Waals surface area contributed by atoms with Crippen molar-refractivity contribution in [3.8, 4) is 17.3 Å². The highest BCUT2D eigenvalue weighted by Crippen LogP contribution is 2.28. The van der Waals surface area contributed by atoms with E-state index < -0.39 is 5.91 Å². The predicted octanol–water partition coefficient (Wildman–Crippen LogP) is 3.58. The molecule has 0 bridgehead atoms. The van der Waals surface area contributed by atoms with Crippen molar-refractivity contribution in [2.45, 2.75) is 0 Å². The van der Waals surface area contributed by atoms with Gasteiger partial charge in [-0.05, 0) is 52.7 Å². The Balaban J connectivity index is 1.90. The Morgan fingerprint density at radius 3 is 2.60 bits per heavy atom. The molecular formula is C24H26N4O2. The molecule has 0 saturated carbocycles. The first-order chi connectivity index (χ1) is 14.4. The van der Waals surface area contributed by atoms with Gasteiger partial charge in [0.05, 0.1) is 6.61 Å². The van der Waals surface area contributed by atoms with Gasteiger partial charge in [-0.25, -0.2) is 0 Å². The number of nitrogens with zero attached hydrogens (tertiary/aromatic N) is 3. The maximum atomic E-state index is 12.2. The van der Waals surface area contributed by atoms with Crippen LogP contribution in [0.3, 0.4) is 0 Å². The van der Waals surface area contributed by atoms with Crippen LogP contribution in [-0.2, 0) is 16.6 Å². The largest absolute Gasteiger partial charge is 0.383 e. The number of aromatic nitrogens is 1. The van der Waals surface area contributed by atoms with Gasteiger partial charge in [0, 0.05) is 51.9 Å². The molecule has 0 unspecified atom stereocenters. The molecule has 1 heterocycles. The molecule has 0 fully saturated rings. The molecule has 154 valence electrons. The maximum Gasteiger partial charge on any atom is 0.262 e. The van der Waals surface area contributed by atoms with E-state index in [1.54, 1.807) is 13.2 Å². The second-order valence-corrected chi connectivity index (χ2v) is 7.26. The molecule has 0 atom stereocenters. The molecule has 1 amide bonds. The molecule has 0 aliphatic carbocycles. The molecule has 6 nitrogen and oxygen atoms in total. The lowest BCUT2D eigenvalue weighted by atomic mass is 10.0. The molecule has 0 aliphatic rings. The first-order valence-corrected chi connectivity index (χ1v) is 9.70. The summed E-state index contributed by atoms with van der Waals surface area (Å²) >= 11 is 0. The average Bonchev–Trinajstić information content (AvgIpc) is 3.11. The number of benzene rings is 2. The molecule has 30 heavy (non-hydrogen) atoms. The first-order valence-electron chi connectivity index (χ1n) is 9.70. The molecule has 2 aromatic carbocycles. The fourth-order valence-electron chi connectivity index (χ4n) is 3.29. The number of carbonyl (C=O) groups excluding carboxylic acids is 1. The van der Waals surface area contributed by atoms with Crippen molar-refractivity contribution in [1.82, 2.24) is 9.88 Å². The third kappa shape index (κ3) is 4.53. The van der Waals surface area contributed by atoms with Gasteiger partial charge < -0.3 is 19.5 Å². The highest BCUT2D eigenvalue weighted by atomic mass is 16.5. The van der Waals surface area contributed by atoms with Crippen LogP contribution in [-0.4, -0.2) is 44.8 Å². The number of rotatable bonds is 7. The van der Waals surface area contributed by atoms with Crippen LogP contribution in [0.4, 0.5) is 5.69 Å². The van der Waals surface area contributed by atoms with Crippen LogP contribution >= 0.6 is 0 Å². The van der Waals surface area contributed by atoms with Gasteiger partial charge >= 0.3 is 0 Å². The Bertz CT molecular complexity index is 1140. The molecular weight excluding hydrogens is 376 g/mol. The number of methoxy groups -OCH3 is 1. The van der Waals surface area contributed by atoms with Crippen molar-refractivity contribution in [2.24, 2.45) is 7.05 Å². The lowest BCUT2D eigenvalue weighted by Gasteiger charge is -2.13. The zero-order valence-electron chi connectivity index (χ0n) is 17.8. The highest BCUT2D eigenvalue weighted by Gasteiger charge is 2.12. The van der Waals surface area contributed by atoms with Crippen LogP contribution in [0.5, 0.6) is 0 Å². The monoisotopic (exact) mass is 402 g/mol. The summed E-state index contributed by atoms with van der Waals surface area (Å²) < 4.78 is 6.90. The van der Waals surface area contributed by atoms with Crippen LogP contribution in [0.15, 0.2) is 54.1 Å². The normalized spacial score (nSPS) is 11.4. The summed E-state index contributed by atoms with van der Waals surface area (Å²) in [5.41, 5.74) is 4.09. The van der Waals surface area contributed by atoms with Gasteiger partial charge in [-0.2, -0.15) is 5.26 Å². The highest BCUT2D eigenvalue weighted by molar-refractivity contribution is 6.01. The summed E-state index contributed by atoms with van der Waals surface area (Å²) in [5, 5.41) is 14.4. The lowest BCUT2D eigenvalue weighted by Crippen LogP contribution is -2.27. The Kier molecular flexibility index (Phi) is 6.55. The number of carbonyl (C=O) groups is 1. The Labute approximate surface area is 177 Å². The fourth-order valence-corrected chi connectivity index (χ4v) is 3.29. The minimum Gasteiger partial charge on any atom is -0.383 e. The molecule has 1 aromatic heterocycles. The van der Waals surface area contributed by atoms with Gasteiger partial charge in [0.15, 0.2) is 0 Å². The van der Waals surface area contributed by atoms with Crippen LogP contribution < -0.4 is 10.2 Å². The van der Waals surface area contributed by atoms with Crippen LogP contribution in [0.1, 0.15) is 5.69 Å². The van der Waals surface area contributed by atoms with E-state index in [1.165, 1.54) is 5.39 Å². The van der Waals surface area contributed by atoms with Gasteiger partial charge in [0.2, 0.25) is 0 Å². The van der Waals surface area contributed by atoms with Crippen molar-refractivity contribution in [3.63, 3.8) is 0 Å². The minimum atomic E-state index is -0.403. The summed E-state index contributed by atoms with van der Waals surface area (Å²) in [4.78, 5) is 14.3. The van der Waals surface area contributed by atoms with Gasteiger partial charge in [-0.15, -0.1) is 0 Å². The van der Waals surface area contributed by atoms with Crippen molar-refractivity contribution in [1.29, 1.82) is 5.26 Å². The van der Waals surface area contributed by atoms with Crippen LogP contribution in [0.25, 0.3) is 28.1 Å². The van der Waals surface area contributed by atoms with Crippen LogP contribution in [0.2, 0.25) is 0 Å². The zero-order valence-corrected chi connectivity index (χ0v) is 17.8. The standard InChI is InChI=1S/C24H26N4O2/c1-27(2)21-8-7-17-13-19(6-5-18(17)14-21)23-10-9-22(28(23)3)15-20(16-25)24(29)26-11-12-30-4/h5-10,13-15H,11-12H2,1-4H3,(H,26,29)/b20-15+. The molecule has 1 N–H and O–H groups in total. The van der Waals surface area contributed by atoms with Crippen LogP contribution in [0, 0.1) is 11.3 Å². The van der Waals surface area contributed by atoms with E-state index in [0.29, 0.717) is 13.2 Å². The fraction of sp³-hybridized carbons (Fsp3) is 0.250. The van der Waals surface area contributed by atoms with E-state index in [-0.39, 0.29) is 5.57 Å². The smallest absolute Gasteiger partial charge is 0.262 e. The lowest BCUT2D eigenvalue weighted by molar-refractivity contribution is -0.117. The summed E-state index contributed by atoms with van der Waals surface area (Å²) in [5.74, 6) is -0.403. The molecule has 6 heteroatoms. The third-order valence-electron chi connectivity index (χ3n) is 5.05. The number of hydrogen-bond donors (Lipinski definition) is 1. The molecule has 0 saturated heterocycles. The molecule has 3 rings (SSSR count). The number of anilines is 1. The van der Waals surface area contributed by atoms with E-state index in [9.17, 15) is 10.1 Å². The first kappa shape index (κ1) is 21.2. The number of nitrogens with one attached hydrogen (secondary N) is 1. The zero-order chi connectivity index (χ0) is 21.7. The Morgan fingerprint density at radius 2 is 1.90 bits per heavy atom. The van der Waals surface area contributed by atoms with Gasteiger partial charge in [-0.1, -0.05) is 18.2 Å². The van der Waals surface area contributed by atoms with Gasteiger partial charge in [0.25, 0.3) is 5.91 Å². The molecule has 3 aromatic rings. The second-order valence-electron chi connectivity index (χ2n) is 7.26. The summed E-state index contributed by atoms with van der Waals surface area (Å²) in [7, 11) is 7.55. The van der Waals surface area contributed by atoms with E-state index in [0.717, 1.165) is 28.0 Å². The van der Waals surface area contributed by atoms with Gasteiger partial charge in [-0.3, -0.25) is 4.79 Å². The third-order valence-corrected chi connectivity index (χ3v) is 5.05. The quantitative estimate of drug-likeness (QED) is 0.373. The van der Waals surface area contributed by atoms with E-state index in [1.807, 2.05) is 43.9 Å². The van der Waals surface area contributed by atoms with Crippen molar-refractivity contribution in [3.05, 3.63) is 59.8 Å². The number of amides is 1. The average molecular weight is 402 g/mol. The second kappa shape index (κ2) is 9.29. The van der Waals surface area contributed by atoms with Crippen molar-refractivity contribution < 1.29 is 9.53 Å². The topological polar surface area (TPSA) is 70.3 Å². The maximum absolute atomic E-state index is 12.2. The number of hydrogen-bond acceptors (Lipinski definition) is 4. The number of ether oxygens (including phenoxy) is 1. The molecule has 0 aliphatic heterocycles. The summed E-state index contributed by atoms with van der Waals surface area (Å²) in [6.07, 6.45) is 1.61. The number of fused-ring (bicyclic) bond motifs is 1. The molecule has 0 radical (unpaired) electrons. The van der Waals surface area contributed by atoms with Gasteiger partial charge in [0.1, 0.15) is 11.6 Å². The van der Waals surface area contributed by atoms with Crippen molar-refractivity contribution in [2.75, 3.05) is 39.3 Å². The van der Waals surface area contributed by atoms with E-state index in [2.05, 4.69) is 46.6 Å². The predicted molar refractivity (Wildman–Crippen MR) is 121 cm³/mol. The SMILES string of the molecule is COCCNC(=O)/C(C#N)=C/c1ccc(-c2ccc3cc(N(C)C)ccc3c2)n1C. The van der Waals surface area contributed by atoms with E-state index in [4.69, 9.17) is 4.74 Å².